The highest BCUT2D eigenvalue weighted by Gasteiger charge is 2.12. The van der Waals surface area contributed by atoms with Crippen molar-refractivity contribution in [3.05, 3.63) is 63.4 Å². The minimum absolute atomic E-state index is 0.142. The van der Waals surface area contributed by atoms with Crippen LogP contribution in [0, 0.1) is 0 Å². The zero-order valence-corrected chi connectivity index (χ0v) is 15.4. The van der Waals surface area contributed by atoms with Crippen molar-refractivity contribution in [1.29, 1.82) is 0 Å². The van der Waals surface area contributed by atoms with E-state index in [1.807, 2.05) is 12.1 Å². The number of nitrogens with one attached hydrogen (secondary N) is 1. The third-order valence-corrected chi connectivity index (χ3v) is 4.29. The first-order chi connectivity index (χ1) is 11.5. The van der Waals surface area contributed by atoms with Crippen LogP contribution < -0.4 is 5.32 Å². The summed E-state index contributed by atoms with van der Waals surface area (Å²) < 4.78 is 0. The molecule has 0 spiro atoms. The van der Waals surface area contributed by atoms with E-state index in [0.717, 1.165) is 25.2 Å². The first-order valence-corrected chi connectivity index (χ1v) is 8.69. The molecule has 0 unspecified atom stereocenters. The smallest absolute Gasteiger partial charge is 0.271 e. The average molecular weight is 366 g/mol. The van der Waals surface area contributed by atoms with Crippen LogP contribution in [0.2, 0.25) is 10.2 Å². The highest BCUT2D eigenvalue weighted by atomic mass is 35.5. The molecule has 0 aliphatic rings. The van der Waals surface area contributed by atoms with E-state index in [1.165, 1.54) is 5.56 Å². The van der Waals surface area contributed by atoms with Crippen LogP contribution in [0.4, 0.5) is 0 Å². The van der Waals surface area contributed by atoms with Gasteiger partial charge in [-0.15, -0.1) is 0 Å². The van der Waals surface area contributed by atoms with Gasteiger partial charge in [-0.3, -0.25) is 9.69 Å². The van der Waals surface area contributed by atoms with Crippen LogP contribution in [0.1, 0.15) is 35.5 Å². The summed E-state index contributed by atoms with van der Waals surface area (Å²) in [5.41, 5.74) is 2.40. The molecule has 0 fully saturated rings. The summed E-state index contributed by atoms with van der Waals surface area (Å²) in [4.78, 5) is 18.5. The normalized spacial score (nSPS) is 10.9. The molecule has 1 aromatic carbocycles. The third kappa shape index (κ3) is 5.20. The predicted octanol–water partition coefficient (Wildman–Crippen LogP) is 4.16. The minimum Gasteiger partial charge on any atom is -0.347 e. The molecule has 0 saturated carbocycles. The van der Waals surface area contributed by atoms with Gasteiger partial charge in [0.05, 0.1) is 5.02 Å². The Morgan fingerprint density at radius 3 is 2.54 bits per heavy atom. The standard InChI is InChI=1S/C18H21Cl2N3O/c1-3-23(4-2)12-14-7-5-6-13(10-14)11-21-18(24)17-15(19)8-9-16(20)22-17/h5-10H,3-4,11-12H2,1-2H3,(H,21,24). The van der Waals surface area contributed by atoms with E-state index in [1.54, 1.807) is 12.1 Å². The number of rotatable bonds is 7. The SMILES string of the molecule is CCN(CC)Cc1cccc(CNC(=O)c2nc(Cl)ccc2Cl)c1. The van der Waals surface area contributed by atoms with Gasteiger partial charge in [-0.2, -0.15) is 0 Å². The fraction of sp³-hybridized carbons (Fsp3) is 0.333. The van der Waals surface area contributed by atoms with Crippen molar-refractivity contribution in [2.24, 2.45) is 0 Å². The van der Waals surface area contributed by atoms with Gasteiger partial charge in [-0.1, -0.05) is 61.3 Å². The van der Waals surface area contributed by atoms with Gasteiger partial charge in [-0.05, 0) is 36.3 Å². The van der Waals surface area contributed by atoms with Gasteiger partial charge in [0, 0.05) is 13.1 Å². The van der Waals surface area contributed by atoms with Gasteiger partial charge < -0.3 is 5.32 Å². The second-order valence-corrected chi connectivity index (χ2v) is 6.22. The Hall–Kier alpha value is -1.62. The van der Waals surface area contributed by atoms with Crippen LogP contribution in [0.3, 0.4) is 0 Å². The van der Waals surface area contributed by atoms with E-state index in [4.69, 9.17) is 23.2 Å². The van der Waals surface area contributed by atoms with E-state index in [-0.39, 0.29) is 21.8 Å². The fourth-order valence-corrected chi connectivity index (χ4v) is 2.73. The van der Waals surface area contributed by atoms with Crippen LogP contribution in [0.25, 0.3) is 0 Å². The lowest BCUT2D eigenvalue weighted by Crippen LogP contribution is -2.25. The second kappa shape index (κ2) is 9.02. The molecule has 0 aliphatic heterocycles. The van der Waals surface area contributed by atoms with Gasteiger partial charge in [0.2, 0.25) is 0 Å². The predicted molar refractivity (Wildman–Crippen MR) is 98.5 cm³/mol. The second-order valence-electron chi connectivity index (χ2n) is 5.43. The molecule has 0 radical (unpaired) electrons. The maximum Gasteiger partial charge on any atom is 0.271 e. The molecule has 0 atom stereocenters. The molecule has 2 rings (SSSR count). The number of nitrogens with zero attached hydrogens (tertiary/aromatic N) is 2. The number of halogens is 2. The summed E-state index contributed by atoms with van der Waals surface area (Å²) in [7, 11) is 0. The number of aromatic nitrogens is 1. The van der Waals surface area contributed by atoms with Gasteiger partial charge >= 0.3 is 0 Å². The maximum atomic E-state index is 12.2. The molecule has 1 aromatic heterocycles. The lowest BCUT2D eigenvalue weighted by molar-refractivity contribution is 0.0946. The Balaban J connectivity index is 2.01. The first kappa shape index (κ1) is 18.7. The molecule has 1 heterocycles. The molecule has 1 N–H and O–H groups in total. The fourth-order valence-electron chi connectivity index (χ4n) is 2.39. The number of carbonyl (C=O) groups excluding carboxylic acids is 1. The number of benzene rings is 1. The van der Waals surface area contributed by atoms with Crippen molar-refractivity contribution in [2.45, 2.75) is 26.9 Å². The quantitative estimate of drug-likeness (QED) is 0.749. The largest absolute Gasteiger partial charge is 0.347 e. The van der Waals surface area contributed by atoms with Crippen LogP contribution in [0.5, 0.6) is 0 Å². The van der Waals surface area contributed by atoms with Crippen molar-refractivity contribution in [3.8, 4) is 0 Å². The average Bonchev–Trinajstić information content (AvgIpc) is 2.60. The first-order valence-electron chi connectivity index (χ1n) is 7.93. The zero-order chi connectivity index (χ0) is 17.5. The highest BCUT2D eigenvalue weighted by Crippen LogP contribution is 2.17. The molecule has 24 heavy (non-hydrogen) atoms. The topological polar surface area (TPSA) is 45.2 Å². The number of hydrogen-bond donors (Lipinski definition) is 1. The van der Waals surface area contributed by atoms with Crippen LogP contribution in [-0.4, -0.2) is 28.9 Å². The molecule has 0 saturated heterocycles. The summed E-state index contributed by atoms with van der Waals surface area (Å²) in [6.45, 7) is 7.63. The Labute approximate surface area is 152 Å². The Bertz CT molecular complexity index is 702. The summed E-state index contributed by atoms with van der Waals surface area (Å²) in [6, 6.07) is 11.3. The van der Waals surface area contributed by atoms with Crippen molar-refractivity contribution >= 4 is 29.1 Å². The molecule has 6 heteroatoms. The number of pyridine rings is 1. The van der Waals surface area contributed by atoms with Crippen molar-refractivity contribution in [2.75, 3.05) is 13.1 Å². The Morgan fingerprint density at radius 2 is 1.83 bits per heavy atom. The van der Waals surface area contributed by atoms with Gasteiger partial charge in [0.25, 0.3) is 5.91 Å². The van der Waals surface area contributed by atoms with E-state index in [0.29, 0.717) is 6.54 Å². The highest BCUT2D eigenvalue weighted by molar-refractivity contribution is 6.34. The van der Waals surface area contributed by atoms with Gasteiger partial charge in [-0.25, -0.2) is 4.98 Å². The van der Waals surface area contributed by atoms with Crippen LogP contribution in [0.15, 0.2) is 36.4 Å². The molecule has 0 aliphatic carbocycles. The molecular weight excluding hydrogens is 345 g/mol. The van der Waals surface area contributed by atoms with E-state index in [9.17, 15) is 4.79 Å². The minimum atomic E-state index is -0.336. The van der Waals surface area contributed by atoms with Crippen molar-refractivity contribution in [1.82, 2.24) is 15.2 Å². The Kier molecular flexibility index (Phi) is 7.03. The van der Waals surface area contributed by atoms with E-state index >= 15 is 0 Å². The Morgan fingerprint density at radius 1 is 1.12 bits per heavy atom. The van der Waals surface area contributed by atoms with Crippen LogP contribution >= 0.6 is 23.2 Å². The van der Waals surface area contributed by atoms with Crippen molar-refractivity contribution < 1.29 is 4.79 Å². The van der Waals surface area contributed by atoms with E-state index in [2.05, 4.69) is 41.2 Å². The van der Waals surface area contributed by atoms with E-state index < -0.39 is 0 Å². The molecular formula is C18H21Cl2N3O. The lowest BCUT2D eigenvalue weighted by atomic mass is 10.1. The zero-order valence-electron chi connectivity index (χ0n) is 13.9. The number of hydrogen-bond acceptors (Lipinski definition) is 3. The molecule has 0 bridgehead atoms. The summed E-state index contributed by atoms with van der Waals surface area (Å²) in [5, 5.41) is 3.36. The number of amides is 1. The summed E-state index contributed by atoms with van der Waals surface area (Å²) in [6.07, 6.45) is 0. The lowest BCUT2D eigenvalue weighted by Gasteiger charge is -2.18. The third-order valence-electron chi connectivity index (χ3n) is 3.77. The van der Waals surface area contributed by atoms with Gasteiger partial charge in [0.1, 0.15) is 10.8 Å². The molecule has 2 aromatic rings. The maximum absolute atomic E-state index is 12.2. The summed E-state index contributed by atoms with van der Waals surface area (Å²) >= 11 is 11.8. The summed E-state index contributed by atoms with van der Waals surface area (Å²) in [5.74, 6) is -0.336. The molecule has 4 nitrogen and oxygen atoms in total. The van der Waals surface area contributed by atoms with Gasteiger partial charge in [0.15, 0.2) is 0 Å². The number of carbonyl (C=O) groups is 1. The van der Waals surface area contributed by atoms with Crippen LogP contribution in [-0.2, 0) is 13.1 Å². The molecule has 128 valence electrons. The molecule has 1 amide bonds. The van der Waals surface area contributed by atoms with Crippen molar-refractivity contribution in [3.63, 3.8) is 0 Å². The monoisotopic (exact) mass is 365 g/mol.